The second kappa shape index (κ2) is 7.94. The van der Waals surface area contributed by atoms with Crippen LogP contribution in [0.15, 0.2) is 22.8 Å². The molecule has 1 aromatic carbocycles. The van der Waals surface area contributed by atoms with Crippen LogP contribution in [0.25, 0.3) is 11.0 Å². The van der Waals surface area contributed by atoms with Gasteiger partial charge >= 0.3 is 5.97 Å². The van der Waals surface area contributed by atoms with Crippen molar-refractivity contribution >= 4 is 22.8 Å². The summed E-state index contributed by atoms with van der Waals surface area (Å²) in [5.74, 6) is -0.495. The number of rotatable bonds is 4. The molecule has 1 amide bonds. The number of likely N-dealkylation sites (tertiary alicyclic amines) is 1. The molecule has 3 rings (SSSR count). The molecule has 0 radical (unpaired) electrons. The zero-order valence-electron chi connectivity index (χ0n) is 15.8. The summed E-state index contributed by atoms with van der Waals surface area (Å²) in [6.45, 7) is 7.20. The number of benzene rings is 1. The summed E-state index contributed by atoms with van der Waals surface area (Å²) < 4.78 is 11.1. The van der Waals surface area contributed by atoms with Crippen LogP contribution in [0.2, 0.25) is 0 Å². The SMILES string of the molecule is Cc1ccc2c(CC(=O)O[C@@H](C)C(=O)N3CCCCCC3)coc2c1C. The molecule has 0 N–H and O–H groups in total. The van der Waals surface area contributed by atoms with Crippen LogP contribution < -0.4 is 0 Å². The van der Waals surface area contributed by atoms with Gasteiger partial charge in [-0.05, 0) is 44.7 Å². The van der Waals surface area contributed by atoms with E-state index < -0.39 is 12.1 Å². The summed E-state index contributed by atoms with van der Waals surface area (Å²) in [5, 5.41) is 0.927. The number of carbonyl (C=O) groups excluding carboxylic acids is 2. The monoisotopic (exact) mass is 357 g/mol. The first kappa shape index (κ1) is 18.5. The molecule has 5 heteroatoms. The fraction of sp³-hybridized carbons (Fsp3) is 0.524. The third-order valence-electron chi connectivity index (χ3n) is 5.25. The van der Waals surface area contributed by atoms with Gasteiger partial charge in [-0.15, -0.1) is 0 Å². The van der Waals surface area contributed by atoms with Crippen LogP contribution in [0.3, 0.4) is 0 Å². The van der Waals surface area contributed by atoms with E-state index in [-0.39, 0.29) is 12.3 Å². The molecule has 1 aromatic heterocycles. The Hall–Kier alpha value is -2.30. The van der Waals surface area contributed by atoms with Gasteiger partial charge in [0.25, 0.3) is 5.91 Å². The lowest BCUT2D eigenvalue weighted by atomic mass is 10.0. The van der Waals surface area contributed by atoms with Gasteiger partial charge in [0.1, 0.15) is 5.58 Å². The first-order chi connectivity index (χ1) is 12.5. The Morgan fingerprint density at radius 1 is 1.15 bits per heavy atom. The zero-order chi connectivity index (χ0) is 18.7. The van der Waals surface area contributed by atoms with Gasteiger partial charge in [-0.25, -0.2) is 0 Å². The summed E-state index contributed by atoms with van der Waals surface area (Å²) in [6, 6.07) is 3.99. The van der Waals surface area contributed by atoms with Gasteiger partial charge in [-0.2, -0.15) is 0 Å². The highest BCUT2D eigenvalue weighted by Gasteiger charge is 2.25. The molecule has 0 saturated carbocycles. The minimum atomic E-state index is -0.747. The van der Waals surface area contributed by atoms with Crippen molar-refractivity contribution in [2.75, 3.05) is 13.1 Å². The maximum absolute atomic E-state index is 12.5. The lowest BCUT2D eigenvalue weighted by Crippen LogP contribution is -2.40. The van der Waals surface area contributed by atoms with E-state index in [0.29, 0.717) is 0 Å². The Morgan fingerprint density at radius 3 is 2.54 bits per heavy atom. The Labute approximate surface area is 154 Å². The first-order valence-corrected chi connectivity index (χ1v) is 9.42. The lowest BCUT2D eigenvalue weighted by molar-refractivity contribution is -0.158. The number of hydrogen-bond acceptors (Lipinski definition) is 4. The van der Waals surface area contributed by atoms with Gasteiger partial charge in [0, 0.05) is 24.0 Å². The van der Waals surface area contributed by atoms with Gasteiger partial charge in [0.05, 0.1) is 12.7 Å². The Balaban J connectivity index is 1.63. The molecule has 2 aromatic rings. The number of carbonyl (C=O) groups is 2. The molecule has 0 bridgehead atoms. The van der Waals surface area contributed by atoms with Gasteiger partial charge < -0.3 is 14.1 Å². The number of esters is 1. The minimum Gasteiger partial charge on any atom is -0.464 e. The van der Waals surface area contributed by atoms with Gasteiger partial charge in [0.2, 0.25) is 0 Å². The van der Waals surface area contributed by atoms with Crippen LogP contribution >= 0.6 is 0 Å². The first-order valence-electron chi connectivity index (χ1n) is 9.42. The number of fused-ring (bicyclic) bond motifs is 1. The third kappa shape index (κ3) is 3.92. The van der Waals surface area contributed by atoms with Crippen LogP contribution in [0, 0.1) is 13.8 Å². The van der Waals surface area contributed by atoms with E-state index in [9.17, 15) is 9.59 Å². The quantitative estimate of drug-likeness (QED) is 0.778. The van der Waals surface area contributed by atoms with Crippen molar-refractivity contribution in [3.05, 3.63) is 35.1 Å². The topological polar surface area (TPSA) is 59.8 Å². The molecule has 1 fully saturated rings. The van der Waals surface area contributed by atoms with Crippen LogP contribution in [0.4, 0.5) is 0 Å². The molecule has 140 valence electrons. The fourth-order valence-electron chi connectivity index (χ4n) is 3.52. The average Bonchev–Trinajstić information content (AvgIpc) is 2.83. The number of furan rings is 1. The molecule has 1 aliphatic heterocycles. The molecule has 2 heterocycles. The summed E-state index contributed by atoms with van der Waals surface area (Å²) in [7, 11) is 0. The van der Waals surface area contributed by atoms with E-state index in [1.165, 1.54) is 0 Å². The fourth-order valence-corrected chi connectivity index (χ4v) is 3.52. The predicted molar refractivity (Wildman–Crippen MR) is 100.0 cm³/mol. The van der Waals surface area contributed by atoms with E-state index in [1.807, 2.05) is 30.9 Å². The molecule has 0 spiro atoms. The van der Waals surface area contributed by atoms with E-state index >= 15 is 0 Å². The van der Waals surface area contributed by atoms with E-state index in [4.69, 9.17) is 9.15 Å². The van der Waals surface area contributed by atoms with Crippen molar-refractivity contribution < 1.29 is 18.7 Å². The molecule has 0 aliphatic carbocycles. The van der Waals surface area contributed by atoms with Gasteiger partial charge in [-0.3, -0.25) is 9.59 Å². The summed E-state index contributed by atoms with van der Waals surface area (Å²) >= 11 is 0. The van der Waals surface area contributed by atoms with Crippen molar-refractivity contribution in [3.63, 3.8) is 0 Å². The van der Waals surface area contributed by atoms with Crippen molar-refractivity contribution in [1.29, 1.82) is 0 Å². The Kier molecular flexibility index (Phi) is 5.64. The van der Waals surface area contributed by atoms with Gasteiger partial charge in [0.15, 0.2) is 6.10 Å². The highest BCUT2D eigenvalue weighted by Crippen LogP contribution is 2.27. The Bertz CT molecular complexity index is 800. The number of nitrogens with zero attached hydrogens (tertiary/aromatic N) is 1. The average molecular weight is 357 g/mol. The highest BCUT2D eigenvalue weighted by molar-refractivity contribution is 5.89. The third-order valence-corrected chi connectivity index (χ3v) is 5.25. The molecule has 1 saturated heterocycles. The van der Waals surface area contributed by atoms with Crippen molar-refractivity contribution in [3.8, 4) is 0 Å². The molecular formula is C21H27NO4. The number of aryl methyl sites for hydroxylation is 2. The zero-order valence-corrected chi connectivity index (χ0v) is 15.8. The number of ether oxygens (including phenoxy) is 1. The van der Waals surface area contributed by atoms with Crippen molar-refractivity contribution in [2.24, 2.45) is 0 Å². The molecule has 0 unspecified atom stereocenters. The van der Waals surface area contributed by atoms with E-state index in [2.05, 4.69) is 0 Å². The van der Waals surface area contributed by atoms with Gasteiger partial charge in [-0.1, -0.05) is 25.0 Å². The highest BCUT2D eigenvalue weighted by atomic mass is 16.5. The lowest BCUT2D eigenvalue weighted by Gasteiger charge is -2.23. The predicted octanol–water partition coefficient (Wildman–Crippen LogP) is 3.93. The smallest absolute Gasteiger partial charge is 0.311 e. The van der Waals surface area contributed by atoms with Crippen molar-refractivity contribution in [2.45, 2.75) is 59.0 Å². The van der Waals surface area contributed by atoms with E-state index in [1.54, 1.807) is 13.2 Å². The summed E-state index contributed by atoms with van der Waals surface area (Å²) in [6.07, 6.45) is 5.32. The van der Waals surface area contributed by atoms with Crippen LogP contribution in [0.1, 0.15) is 49.3 Å². The molecular weight excluding hydrogens is 330 g/mol. The number of hydrogen-bond donors (Lipinski definition) is 0. The second-order valence-corrected chi connectivity index (χ2v) is 7.19. The minimum absolute atomic E-state index is 0.0937. The van der Waals surface area contributed by atoms with Crippen molar-refractivity contribution in [1.82, 2.24) is 4.90 Å². The summed E-state index contributed by atoms with van der Waals surface area (Å²) in [5.41, 5.74) is 3.83. The molecule has 26 heavy (non-hydrogen) atoms. The molecule has 1 aliphatic rings. The largest absolute Gasteiger partial charge is 0.464 e. The second-order valence-electron chi connectivity index (χ2n) is 7.19. The number of amides is 1. The summed E-state index contributed by atoms with van der Waals surface area (Å²) in [4.78, 5) is 26.7. The standard InChI is InChI=1S/C21H27NO4/c1-14-8-9-18-17(13-25-20(18)15(14)2)12-19(23)26-16(3)21(24)22-10-6-4-5-7-11-22/h8-9,13,16H,4-7,10-12H2,1-3H3/t16-/m0/s1. The molecule has 1 atom stereocenters. The maximum atomic E-state index is 12.5. The Morgan fingerprint density at radius 2 is 1.85 bits per heavy atom. The van der Waals surface area contributed by atoms with Crippen LogP contribution in [0.5, 0.6) is 0 Å². The maximum Gasteiger partial charge on any atom is 0.311 e. The normalized spacial score (nSPS) is 16.3. The van der Waals surface area contributed by atoms with E-state index in [0.717, 1.165) is 66.4 Å². The molecule has 5 nitrogen and oxygen atoms in total. The van der Waals surface area contributed by atoms with Crippen LogP contribution in [-0.2, 0) is 20.7 Å². The van der Waals surface area contributed by atoms with Crippen LogP contribution in [-0.4, -0.2) is 36.0 Å².